The topological polar surface area (TPSA) is 25.2 Å². The SMILES string of the molecule is CC1=Nc2ccc(Br)nc2C1. The van der Waals surface area contributed by atoms with Gasteiger partial charge in [0, 0.05) is 12.1 Å². The standard InChI is InChI=1S/C8H7BrN2/c1-5-4-7-6(10-5)2-3-8(9)11-7/h2-3H,4H2,1H3. The molecule has 0 bridgehead atoms. The Morgan fingerprint density at radius 2 is 2.27 bits per heavy atom. The molecular weight excluding hydrogens is 204 g/mol. The predicted molar refractivity (Wildman–Crippen MR) is 48.4 cm³/mol. The van der Waals surface area contributed by atoms with E-state index >= 15 is 0 Å². The van der Waals surface area contributed by atoms with Crippen molar-refractivity contribution in [3.63, 3.8) is 0 Å². The first-order valence-corrected chi connectivity index (χ1v) is 4.24. The van der Waals surface area contributed by atoms with Crippen LogP contribution < -0.4 is 0 Å². The van der Waals surface area contributed by atoms with Crippen LogP contribution >= 0.6 is 15.9 Å². The molecule has 0 fully saturated rings. The molecule has 0 aromatic carbocycles. The van der Waals surface area contributed by atoms with Crippen LogP contribution in [0.25, 0.3) is 0 Å². The molecule has 3 heteroatoms. The third-order valence-electron chi connectivity index (χ3n) is 1.65. The Labute approximate surface area is 73.5 Å². The van der Waals surface area contributed by atoms with Gasteiger partial charge in [-0.25, -0.2) is 4.98 Å². The minimum Gasteiger partial charge on any atom is -0.256 e. The van der Waals surface area contributed by atoms with Gasteiger partial charge in [-0.1, -0.05) is 0 Å². The largest absolute Gasteiger partial charge is 0.256 e. The molecule has 1 aromatic rings. The van der Waals surface area contributed by atoms with E-state index in [-0.39, 0.29) is 0 Å². The lowest BCUT2D eigenvalue weighted by atomic mass is 10.2. The summed E-state index contributed by atoms with van der Waals surface area (Å²) >= 11 is 3.32. The number of halogens is 1. The van der Waals surface area contributed by atoms with Gasteiger partial charge in [0.2, 0.25) is 0 Å². The summed E-state index contributed by atoms with van der Waals surface area (Å²) in [7, 11) is 0. The smallest absolute Gasteiger partial charge is 0.106 e. The van der Waals surface area contributed by atoms with Crippen LogP contribution in [-0.2, 0) is 6.42 Å². The summed E-state index contributed by atoms with van der Waals surface area (Å²) in [6.07, 6.45) is 0.898. The van der Waals surface area contributed by atoms with E-state index in [9.17, 15) is 0 Å². The van der Waals surface area contributed by atoms with Crippen molar-refractivity contribution < 1.29 is 0 Å². The first-order chi connectivity index (χ1) is 5.25. The van der Waals surface area contributed by atoms with Gasteiger partial charge in [0.05, 0.1) is 11.4 Å². The fourth-order valence-electron chi connectivity index (χ4n) is 1.19. The third kappa shape index (κ3) is 1.20. The Kier molecular flexibility index (Phi) is 1.53. The highest BCUT2D eigenvalue weighted by Crippen LogP contribution is 2.25. The van der Waals surface area contributed by atoms with Gasteiger partial charge in [-0.15, -0.1) is 0 Å². The van der Waals surface area contributed by atoms with Crippen molar-refractivity contribution in [2.45, 2.75) is 13.3 Å². The molecule has 0 spiro atoms. The van der Waals surface area contributed by atoms with Gasteiger partial charge in [0.25, 0.3) is 0 Å². The molecule has 1 aliphatic heterocycles. The van der Waals surface area contributed by atoms with Crippen LogP contribution in [-0.4, -0.2) is 10.7 Å². The van der Waals surface area contributed by atoms with Gasteiger partial charge in [-0.3, -0.25) is 4.99 Å². The second-order valence-electron chi connectivity index (χ2n) is 2.62. The Balaban J connectivity index is 2.52. The number of hydrogen-bond acceptors (Lipinski definition) is 2. The van der Waals surface area contributed by atoms with Gasteiger partial charge >= 0.3 is 0 Å². The lowest BCUT2D eigenvalue weighted by Crippen LogP contribution is -1.91. The minimum absolute atomic E-state index is 0.890. The van der Waals surface area contributed by atoms with E-state index in [2.05, 4.69) is 25.9 Å². The lowest BCUT2D eigenvalue weighted by Gasteiger charge is -1.94. The maximum absolute atomic E-state index is 4.33. The van der Waals surface area contributed by atoms with Gasteiger partial charge in [-0.05, 0) is 35.0 Å². The highest BCUT2D eigenvalue weighted by molar-refractivity contribution is 9.10. The number of aliphatic imine (C=N–C) groups is 1. The molecule has 2 nitrogen and oxygen atoms in total. The molecular formula is C8H7BrN2. The second-order valence-corrected chi connectivity index (χ2v) is 3.44. The predicted octanol–water partition coefficient (Wildman–Crippen LogP) is 2.49. The fourth-order valence-corrected chi connectivity index (χ4v) is 1.53. The summed E-state index contributed by atoms with van der Waals surface area (Å²) < 4.78 is 0.890. The molecule has 0 unspecified atom stereocenters. The van der Waals surface area contributed by atoms with Gasteiger partial charge in [-0.2, -0.15) is 0 Å². The zero-order valence-electron chi connectivity index (χ0n) is 6.13. The minimum atomic E-state index is 0.890. The highest BCUT2D eigenvalue weighted by atomic mass is 79.9. The van der Waals surface area contributed by atoms with Crippen LogP contribution in [0, 0.1) is 0 Å². The molecule has 0 radical (unpaired) electrons. The third-order valence-corrected chi connectivity index (χ3v) is 2.09. The van der Waals surface area contributed by atoms with E-state index in [0.29, 0.717) is 0 Å². The van der Waals surface area contributed by atoms with Crippen molar-refractivity contribution in [1.82, 2.24) is 4.98 Å². The molecule has 1 aromatic heterocycles. The average molecular weight is 211 g/mol. The molecule has 2 rings (SSSR count). The van der Waals surface area contributed by atoms with Gasteiger partial charge in [0.15, 0.2) is 0 Å². The Bertz CT molecular complexity index is 331. The zero-order valence-corrected chi connectivity index (χ0v) is 7.72. The lowest BCUT2D eigenvalue weighted by molar-refractivity contribution is 1.14. The van der Waals surface area contributed by atoms with E-state index in [1.54, 1.807) is 0 Å². The van der Waals surface area contributed by atoms with Crippen molar-refractivity contribution >= 4 is 27.3 Å². The molecule has 0 atom stereocenters. The van der Waals surface area contributed by atoms with E-state index in [0.717, 1.165) is 28.1 Å². The number of rotatable bonds is 0. The van der Waals surface area contributed by atoms with Crippen LogP contribution in [0.1, 0.15) is 12.6 Å². The summed E-state index contributed by atoms with van der Waals surface area (Å²) in [5.74, 6) is 0. The first-order valence-electron chi connectivity index (χ1n) is 3.45. The number of hydrogen-bond donors (Lipinski definition) is 0. The van der Waals surface area contributed by atoms with E-state index < -0.39 is 0 Å². The molecule has 0 aliphatic carbocycles. The maximum Gasteiger partial charge on any atom is 0.106 e. The van der Waals surface area contributed by atoms with E-state index in [1.807, 2.05) is 19.1 Å². The Morgan fingerprint density at radius 3 is 3.09 bits per heavy atom. The van der Waals surface area contributed by atoms with Crippen LogP contribution in [0.15, 0.2) is 21.7 Å². The molecule has 0 N–H and O–H groups in total. The molecule has 0 amide bonds. The van der Waals surface area contributed by atoms with Gasteiger partial charge < -0.3 is 0 Å². The van der Waals surface area contributed by atoms with Crippen LogP contribution in [0.4, 0.5) is 5.69 Å². The fraction of sp³-hybridized carbons (Fsp3) is 0.250. The quantitative estimate of drug-likeness (QED) is 0.605. The van der Waals surface area contributed by atoms with Crippen LogP contribution in [0.3, 0.4) is 0 Å². The molecule has 0 saturated carbocycles. The Morgan fingerprint density at radius 1 is 1.45 bits per heavy atom. The molecule has 0 saturated heterocycles. The summed E-state index contributed by atoms with van der Waals surface area (Å²) in [5.41, 5.74) is 3.24. The normalized spacial score (nSPS) is 14.5. The second kappa shape index (κ2) is 2.41. The first kappa shape index (κ1) is 6.98. The molecule has 1 aliphatic rings. The number of aromatic nitrogens is 1. The zero-order chi connectivity index (χ0) is 7.84. The number of fused-ring (bicyclic) bond motifs is 1. The summed E-state index contributed by atoms with van der Waals surface area (Å²) in [5, 5.41) is 0. The van der Waals surface area contributed by atoms with Crippen LogP contribution in [0.2, 0.25) is 0 Å². The Hall–Kier alpha value is -0.700. The van der Waals surface area contributed by atoms with Crippen molar-refractivity contribution in [3.05, 3.63) is 22.4 Å². The number of nitrogens with zero attached hydrogens (tertiary/aromatic N) is 2. The highest BCUT2D eigenvalue weighted by Gasteiger charge is 2.11. The van der Waals surface area contributed by atoms with Crippen molar-refractivity contribution in [3.8, 4) is 0 Å². The monoisotopic (exact) mass is 210 g/mol. The van der Waals surface area contributed by atoms with Crippen LogP contribution in [0.5, 0.6) is 0 Å². The molecule has 2 heterocycles. The maximum atomic E-state index is 4.33. The number of pyridine rings is 1. The van der Waals surface area contributed by atoms with Crippen molar-refractivity contribution in [1.29, 1.82) is 0 Å². The van der Waals surface area contributed by atoms with Gasteiger partial charge in [0.1, 0.15) is 4.60 Å². The molecule has 56 valence electrons. The van der Waals surface area contributed by atoms with E-state index in [4.69, 9.17) is 0 Å². The summed E-state index contributed by atoms with van der Waals surface area (Å²) in [6, 6.07) is 3.91. The van der Waals surface area contributed by atoms with Crippen molar-refractivity contribution in [2.24, 2.45) is 4.99 Å². The summed E-state index contributed by atoms with van der Waals surface area (Å²) in [6.45, 7) is 2.02. The van der Waals surface area contributed by atoms with E-state index in [1.165, 1.54) is 0 Å². The molecule has 11 heavy (non-hydrogen) atoms. The summed E-state index contributed by atoms with van der Waals surface area (Å²) in [4.78, 5) is 8.63. The average Bonchev–Trinajstić information content (AvgIpc) is 2.27. The van der Waals surface area contributed by atoms with Crippen molar-refractivity contribution in [2.75, 3.05) is 0 Å².